The second-order valence-electron chi connectivity index (χ2n) is 5.04. The standard InChI is InChI=1S/C14H28N2O5/c1-12(2)16(8-6-13(17)18)14(19)15(9-11-21-4)7-5-10-20-3/h12H,5-11H2,1-4H3,(H,17,18). The SMILES string of the molecule is COCCCN(CCOC)C(=O)N(CCC(=O)O)C(C)C. The number of aliphatic carboxylic acids is 1. The topological polar surface area (TPSA) is 79.3 Å². The minimum atomic E-state index is -0.906. The van der Waals surface area contributed by atoms with Crippen LogP contribution in [0.25, 0.3) is 0 Å². The second-order valence-corrected chi connectivity index (χ2v) is 5.04. The summed E-state index contributed by atoms with van der Waals surface area (Å²) in [6.45, 7) is 6.03. The zero-order valence-electron chi connectivity index (χ0n) is 13.5. The van der Waals surface area contributed by atoms with E-state index in [2.05, 4.69) is 0 Å². The summed E-state index contributed by atoms with van der Waals surface area (Å²) >= 11 is 0. The van der Waals surface area contributed by atoms with Gasteiger partial charge in [0.25, 0.3) is 0 Å². The van der Waals surface area contributed by atoms with E-state index in [1.165, 1.54) is 0 Å². The molecule has 0 aliphatic rings. The molecule has 0 spiro atoms. The molecule has 0 radical (unpaired) electrons. The molecule has 0 heterocycles. The number of carbonyl (C=O) groups is 2. The molecular formula is C14H28N2O5. The maximum atomic E-state index is 12.6. The zero-order chi connectivity index (χ0) is 16.3. The molecule has 0 rings (SSSR count). The quantitative estimate of drug-likeness (QED) is 0.582. The normalized spacial score (nSPS) is 10.7. The smallest absolute Gasteiger partial charge is 0.320 e. The molecule has 7 nitrogen and oxygen atoms in total. The van der Waals surface area contributed by atoms with Gasteiger partial charge >= 0.3 is 12.0 Å². The second kappa shape index (κ2) is 11.3. The van der Waals surface area contributed by atoms with E-state index < -0.39 is 5.97 Å². The van der Waals surface area contributed by atoms with E-state index in [-0.39, 0.29) is 25.0 Å². The van der Waals surface area contributed by atoms with Gasteiger partial charge in [0.2, 0.25) is 0 Å². The first-order chi connectivity index (χ1) is 9.93. The number of urea groups is 1. The van der Waals surface area contributed by atoms with E-state index in [0.29, 0.717) is 26.3 Å². The van der Waals surface area contributed by atoms with Gasteiger partial charge in [-0.25, -0.2) is 4.79 Å². The minimum absolute atomic E-state index is 0.0516. The van der Waals surface area contributed by atoms with Crippen LogP contribution in [0.5, 0.6) is 0 Å². The van der Waals surface area contributed by atoms with Gasteiger partial charge in [0, 0.05) is 46.5 Å². The molecule has 0 aliphatic carbocycles. The molecule has 0 atom stereocenters. The van der Waals surface area contributed by atoms with Gasteiger partial charge in [0.15, 0.2) is 0 Å². The Morgan fingerprint density at radius 3 is 2.14 bits per heavy atom. The molecule has 1 N–H and O–H groups in total. The summed E-state index contributed by atoms with van der Waals surface area (Å²) in [7, 11) is 3.21. The van der Waals surface area contributed by atoms with Crippen molar-refractivity contribution in [2.45, 2.75) is 32.7 Å². The van der Waals surface area contributed by atoms with E-state index in [0.717, 1.165) is 6.42 Å². The average Bonchev–Trinajstić information content (AvgIpc) is 2.41. The van der Waals surface area contributed by atoms with Crippen LogP contribution < -0.4 is 0 Å². The Balaban J connectivity index is 4.69. The van der Waals surface area contributed by atoms with Gasteiger partial charge in [-0.3, -0.25) is 4.79 Å². The first-order valence-corrected chi connectivity index (χ1v) is 7.19. The summed E-state index contributed by atoms with van der Waals surface area (Å²) in [5, 5.41) is 8.79. The Labute approximate surface area is 126 Å². The Hall–Kier alpha value is -1.34. The fourth-order valence-corrected chi connectivity index (χ4v) is 1.88. The molecule has 7 heteroatoms. The van der Waals surface area contributed by atoms with Crippen molar-refractivity contribution >= 4 is 12.0 Å². The van der Waals surface area contributed by atoms with Crippen LogP contribution in [0.15, 0.2) is 0 Å². The summed E-state index contributed by atoms with van der Waals surface area (Å²) in [5.41, 5.74) is 0. The van der Waals surface area contributed by atoms with Crippen LogP contribution in [0, 0.1) is 0 Å². The Bertz CT molecular complexity index is 310. The highest BCUT2D eigenvalue weighted by molar-refractivity contribution is 5.75. The molecule has 0 aromatic rings. The third-order valence-corrected chi connectivity index (χ3v) is 3.05. The van der Waals surface area contributed by atoms with Gasteiger partial charge in [-0.2, -0.15) is 0 Å². The van der Waals surface area contributed by atoms with Crippen LogP contribution in [0.1, 0.15) is 26.7 Å². The van der Waals surface area contributed by atoms with E-state index in [1.807, 2.05) is 13.8 Å². The van der Waals surface area contributed by atoms with Crippen molar-refractivity contribution in [3.8, 4) is 0 Å². The molecule has 0 bridgehead atoms. The van der Waals surface area contributed by atoms with E-state index in [4.69, 9.17) is 14.6 Å². The summed E-state index contributed by atoms with van der Waals surface area (Å²) in [6, 6.07) is -0.205. The number of ether oxygens (including phenoxy) is 2. The van der Waals surface area contributed by atoms with Crippen molar-refractivity contribution < 1.29 is 24.2 Å². The maximum Gasteiger partial charge on any atom is 0.320 e. The zero-order valence-corrected chi connectivity index (χ0v) is 13.5. The Morgan fingerprint density at radius 1 is 1.05 bits per heavy atom. The number of carbonyl (C=O) groups excluding carboxylic acids is 1. The molecule has 0 aromatic carbocycles. The van der Waals surface area contributed by atoms with Crippen molar-refractivity contribution in [1.29, 1.82) is 0 Å². The highest BCUT2D eigenvalue weighted by Crippen LogP contribution is 2.07. The monoisotopic (exact) mass is 304 g/mol. The molecule has 124 valence electrons. The predicted octanol–water partition coefficient (Wildman–Crippen LogP) is 1.28. The molecule has 21 heavy (non-hydrogen) atoms. The number of amides is 2. The van der Waals surface area contributed by atoms with Crippen molar-refractivity contribution in [3.63, 3.8) is 0 Å². The minimum Gasteiger partial charge on any atom is -0.481 e. The number of carboxylic acids is 1. The van der Waals surface area contributed by atoms with Crippen LogP contribution in [-0.4, -0.2) is 80.0 Å². The Kier molecular flexibility index (Phi) is 10.6. The molecule has 0 aliphatic heterocycles. The molecule has 0 unspecified atom stereocenters. The lowest BCUT2D eigenvalue weighted by molar-refractivity contribution is -0.137. The van der Waals surface area contributed by atoms with E-state index >= 15 is 0 Å². The molecular weight excluding hydrogens is 276 g/mol. The lowest BCUT2D eigenvalue weighted by Gasteiger charge is -2.33. The van der Waals surface area contributed by atoms with Crippen molar-refractivity contribution in [3.05, 3.63) is 0 Å². The summed E-state index contributed by atoms with van der Waals surface area (Å²) in [5.74, 6) is -0.906. The van der Waals surface area contributed by atoms with Crippen LogP contribution in [0.3, 0.4) is 0 Å². The predicted molar refractivity (Wildman–Crippen MR) is 79.4 cm³/mol. The molecule has 0 saturated heterocycles. The van der Waals surface area contributed by atoms with Gasteiger partial charge in [0.1, 0.15) is 0 Å². The van der Waals surface area contributed by atoms with Crippen molar-refractivity contribution in [2.24, 2.45) is 0 Å². The fourth-order valence-electron chi connectivity index (χ4n) is 1.88. The molecule has 0 fully saturated rings. The molecule has 2 amide bonds. The van der Waals surface area contributed by atoms with Crippen LogP contribution in [-0.2, 0) is 14.3 Å². The van der Waals surface area contributed by atoms with Crippen LogP contribution in [0.4, 0.5) is 4.79 Å². The third kappa shape index (κ3) is 8.52. The van der Waals surface area contributed by atoms with Crippen LogP contribution >= 0.6 is 0 Å². The van der Waals surface area contributed by atoms with Gasteiger partial charge < -0.3 is 24.4 Å². The number of methoxy groups -OCH3 is 2. The van der Waals surface area contributed by atoms with Crippen LogP contribution in [0.2, 0.25) is 0 Å². The first-order valence-electron chi connectivity index (χ1n) is 7.19. The molecule has 0 aromatic heterocycles. The number of carboxylic acid groups (broad SMARTS) is 1. The van der Waals surface area contributed by atoms with Gasteiger partial charge in [-0.15, -0.1) is 0 Å². The molecule has 0 saturated carbocycles. The lowest BCUT2D eigenvalue weighted by Crippen LogP contribution is -2.48. The van der Waals surface area contributed by atoms with E-state index in [9.17, 15) is 9.59 Å². The fraction of sp³-hybridized carbons (Fsp3) is 0.857. The number of rotatable bonds is 11. The van der Waals surface area contributed by atoms with Crippen molar-refractivity contribution in [1.82, 2.24) is 9.80 Å². The highest BCUT2D eigenvalue weighted by atomic mass is 16.5. The summed E-state index contributed by atoms with van der Waals surface area (Å²) < 4.78 is 10.0. The number of hydrogen-bond acceptors (Lipinski definition) is 4. The highest BCUT2D eigenvalue weighted by Gasteiger charge is 2.23. The third-order valence-electron chi connectivity index (χ3n) is 3.05. The number of nitrogens with zero attached hydrogens (tertiary/aromatic N) is 2. The van der Waals surface area contributed by atoms with Gasteiger partial charge in [-0.05, 0) is 20.3 Å². The Morgan fingerprint density at radius 2 is 1.67 bits per heavy atom. The average molecular weight is 304 g/mol. The number of hydrogen-bond donors (Lipinski definition) is 1. The summed E-state index contributed by atoms with van der Waals surface area (Å²) in [4.78, 5) is 26.5. The summed E-state index contributed by atoms with van der Waals surface area (Å²) in [6.07, 6.45) is 0.678. The van der Waals surface area contributed by atoms with E-state index in [1.54, 1.807) is 24.0 Å². The maximum absolute atomic E-state index is 12.6. The van der Waals surface area contributed by atoms with Gasteiger partial charge in [-0.1, -0.05) is 0 Å². The first kappa shape index (κ1) is 19.7. The van der Waals surface area contributed by atoms with Crippen molar-refractivity contribution in [2.75, 3.05) is 47.1 Å². The lowest BCUT2D eigenvalue weighted by atomic mass is 10.3. The largest absolute Gasteiger partial charge is 0.481 e. The van der Waals surface area contributed by atoms with Gasteiger partial charge in [0.05, 0.1) is 13.0 Å².